The summed E-state index contributed by atoms with van der Waals surface area (Å²) in [7, 11) is 3.24. The van der Waals surface area contributed by atoms with Crippen molar-refractivity contribution in [3.05, 3.63) is 59.2 Å². The number of amides is 1. The Morgan fingerprint density at radius 3 is 2.39 bits per heavy atom. The number of rotatable bonds is 9. The molecular formula is C24H32N4O3. The molecule has 2 N–H and O–H groups in total. The van der Waals surface area contributed by atoms with E-state index in [1.165, 1.54) is 11.1 Å². The van der Waals surface area contributed by atoms with Crippen molar-refractivity contribution in [2.45, 2.75) is 39.4 Å². The van der Waals surface area contributed by atoms with Gasteiger partial charge in [0, 0.05) is 32.6 Å². The highest BCUT2D eigenvalue weighted by atomic mass is 16.5. The van der Waals surface area contributed by atoms with Crippen molar-refractivity contribution in [3.8, 4) is 11.5 Å². The third-order valence-corrected chi connectivity index (χ3v) is 5.27. The summed E-state index contributed by atoms with van der Waals surface area (Å²) >= 11 is 0. The van der Waals surface area contributed by atoms with Crippen LogP contribution in [0.4, 0.5) is 0 Å². The maximum atomic E-state index is 12.5. The topological polar surface area (TPSA) is 75.2 Å². The molecule has 0 bridgehead atoms. The van der Waals surface area contributed by atoms with Gasteiger partial charge in [0.15, 0.2) is 17.5 Å². The van der Waals surface area contributed by atoms with E-state index in [0.717, 1.165) is 37.6 Å². The standard InChI is InChI=1S/C24H32N4O3/c1-4-25-24(27-15-18-11-12-21(30-2)22(14-18)31-3)26-13-7-10-23(29)28-16-19-8-5-6-9-20(19)17-28/h5-6,8-9,11-12,14H,4,7,10,13,15-17H2,1-3H3,(H2,25,26,27). The lowest BCUT2D eigenvalue weighted by molar-refractivity contribution is -0.131. The van der Waals surface area contributed by atoms with E-state index in [1.54, 1.807) is 14.2 Å². The minimum atomic E-state index is 0.199. The van der Waals surface area contributed by atoms with Crippen LogP contribution in [0, 0.1) is 0 Å². The first-order valence-electron chi connectivity index (χ1n) is 10.7. The van der Waals surface area contributed by atoms with Crippen molar-refractivity contribution >= 4 is 11.9 Å². The quantitative estimate of drug-likeness (QED) is 0.368. The first-order valence-corrected chi connectivity index (χ1v) is 10.7. The number of hydrogen-bond acceptors (Lipinski definition) is 4. The fourth-order valence-electron chi connectivity index (χ4n) is 3.61. The van der Waals surface area contributed by atoms with E-state index in [2.05, 4.69) is 27.8 Å². The van der Waals surface area contributed by atoms with Crippen LogP contribution in [0.5, 0.6) is 11.5 Å². The average Bonchev–Trinajstić information content (AvgIpc) is 3.24. The molecule has 0 aliphatic carbocycles. The van der Waals surface area contributed by atoms with Crippen molar-refractivity contribution in [2.24, 2.45) is 4.99 Å². The van der Waals surface area contributed by atoms with E-state index in [9.17, 15) is 4.79 Å². The van der Waals surface area contributed by atoms with Crippen LogP contribution in [0.2, 0.25) is 0 Å². The maximum absolute atomic E-state index is 12.5. The van der Waals surface area contributed by atoms with Crippen LogP contribution >= 0.6 is 0 Å². The minimum absolute atomic E-state index is 0.199. The Bertz CT molecular complexity index is 888. The third kappa shape index (κ3) is 6.13. The van der Waals surface area contributed by atoms with Gasteiger partial charge < -0.3 is 25.0 Å². The summed E-state index contributed by atoms with van der Waals surface area (Å²) in [6, 6.07) is 14.0. The van der Waals surface area contributed by atoms with E-state index < -0.39 is 0 Å². The number of hydrogen-bond donors (Lipinski definition) is 2. The van der Waals surface area contributed by atoms with Gasteiger partial charge >= 0.3 is 0 Å². The number of nitrogens with one attached hydrogen (secondary N) is 2. The van der Waals surface area contributed by atoms with Crippen molar-refractivity contribution in [3.63, 3.8) is 0 Å². The summed E-state index contributed by atoms with van der Waals surface area (Å²) in [4.78, 5) is 19.1. The molecule has 7 nitrogen and oxygen atoms in total. The zero-order chi connectivity index (χ0) is 22.1. The van der Waals surface area contributed by atoms with Crippen LogP contribution in [0.25, 0.3) is 0 Å². The summed E-state index contributed by atoms with van der Waals surface area (Å²) < 4.78 is 10.6. The lowest BCUT2D eigenvalue weighted by atomic mass is 10.1. The Kier molecular flexibility index (Phi) is 8.15. The Balaban J connectivity index is 1.45. The number of aliphatic imine (C=N–C) groups is 1. The molecule has 0 spiro atoms. The van der Waals surface area contributed by atoms with Crippen molar-refractivity contribution in [2.75, 3.05) is 27.3 Å². The third-order valence-electron chi connectivity index (χ3n) is 5.27. The summed E-state index contributed by atoms with van der Waals surface area (Å²) in [6.07, 6.45) is 1.28. The fraction of sp³-hybridized carbons (Fsp3) is 0.417. The Labute approximate surface area is 184 Å². The zero-order valence-corrected chi connectivity index (χ0v) is 18.6. The summed E-state index contributed by atoms with van der Waals surface area (Å²) in [5.74, 6) is 2.32. The second-order valence-corrected chi connectivity index (χ2v) is 7.43. The predicted octanol–water partition coefficient (Wildman–Crippen LogP) is 3.08. The number of carbonyl (C=O) groups is 1. The van der Waals surface area contributed by atoms with Gasteiger partial charge in [0.1, 0.15) is 0 Å². The van der Waals surface area contributed by atoms with E-state index in [-0.39, 0.29) is 5.91 Å². The fourth-order valence-corrected chi connectivity index (χ4v) is 3.61. The van der Waals surface area contributed by atoms with Gasteiger partial charge in [-0.1, -0.05) is 30.3 Å². The molecule has 1 amide bonds. The van der Waals surface area contributed by atoms with Crippen LogP contribution in [0.1, 0.15) is 36.5 Å². The average molecular weight is 425 g/mol. The monoisotopic (exact) mass is 424 g/mol. The molecule has 0 atom stereocenters. The molecule has 1 heterocycles. The second-order valence-electron chi connectivity index (χ2n) is 7.43. The van der Waals surface area contributed by atoms with Crippen molar-refractivity contribution in [1.29, 1.82) is 0 Å². The van der Waals surface area contributed by atoms with Crippen molar-refractivity contribution < 1.29 is 14.3 Å². The molecule has 1 aliphatic rings. The van der Waals surface area contributed by atoms with Gasteiger partial charge in [0.2, 0.25) is 5.91 Å². The first kappa shape index (κ1) is 22.5. The first-order chi connectivity index (χ1) is 15.1. The van der Waals surface area contributed by atoms with Crippen molar-refractivity contribution in [1.82, 2.24) is 15.5 Å². The molecule has 31 heavy (non-hydrogen) atoms. The highest BCUT2D eigenvalue weighted by Gasteiger charge is 2.22. The van der Waals surface area contributed by atoms with Crippen LogP contribution in [-0.2, 0) is 24.4 Å². The Morgan fingerprint density at radius 2 is 1.74 bits per heavy atom. The number of fused-ring (bicyclic) bond motifs is 1. The molecular weight excluding hydrogens is 392 g/mol. The van der Waals surface area contributed by atoms with Crippen LogP contribution in [0.15, 0.2) is 47.5 Å². The molecule has 0 aromatic heterocycles. The van der Waals surface area contributed by atoms with Gasteiger partial charge in [0.05, 0.1) is 20.8 Å². The molecule has 166 valence electrons. The van der Waals surface area contributed by atoms with Gasteiger partial charge in [-0.3, -0.25) is 4.79 Å². The lowest BCUT2D eigenvalue weighted by Crippen LogP contribution is -2.38. The molecule has 2 aromatic carbocycles. The van der Waals surface area contributed by atoms with Crippen LogP contribution in [-0.4, -0.2) is 44.1 Å². The number of carbonyl (C=O) groups excluding carboxylic acids is 1. The molecule has 1 aliphatic heterocycles. The maximum Gasteiger partial charge on any atom is 0.223 e. The highest BCUT2D eigenvalue weighted by Crippen LogP contribution is 2.27. The van der Waals surface area contributed by atoms with E-state index in [4.69, 9.17) is 9.47 Å². The van der Waals surface area contributed by atoms with Gasteiger partial charge in [-0.15, -0.1) is 0 Å². The molecule has 3 rings (SSSR count). The molecule has 0 unspecified atom stereocenters. The molecule has 0 saturated heterocycles. The number of methoxy groups -OCH3 is 2. The molecule has 0 fully saturated rings. The van der Waals surface area contributed by atoms with Crippen LogP contribution in [0.3, 0.4) is 0 Å². The molecule has 2 aromatic rings. The number of guanidine groups is 1. The number of ether oxygens (including phenoxy) is 2. The zero-order valence-electron chi connectivity index (χ0n) is 18.6. The summed E-state index contributed by atoms with van der Waals surface area (Å²) in [5, 5.41) is 6.56. The highest BCUT2D eigenvalue weighted by molar-refractivity contribution is 5.80. The van der Waals surface area contributed by atoms with Gasteiger partial charge in [-0.2, -0.15) is 0 Å². The SMILES string of the molecule is CCNC(=NCc1ccc(OC)c(OC)c1)NCCCC(=O)N1Cc2ccccc2C1. The Hall–Kier alpha value is -3.22. The largest absolute Gasteiger partial charge is 0.493 e. The van der Waals surface area contributed by atoms with E-state index in [1.807, 2.05) is 42.2 Å². The normalized spacial score (nSPS) is 13.0. The summed E-state index contributed by atoms with van der Waals surface area (Å²) in [6.45, 7) is 5.44. The smallest absolute Gasteiger partial charge is 0.223 e. The number of benzene rings is 2. The van der Waals surface area contributed by atoms with Gasteiger partial charge in [-0.05, 0) is 42.2 Å². The molecule has 0 saturated carbocycles. The number of nitrogens with zero attached hydrogens (tertiary/aromatic N) is 2. The molecule has 0 radical (unpaired) electrons. The lowest BCUT2D eigenvalue weighted by Gasteiger charge is -2.16. The van der Waals surface area contributed by atoms with E-state index >= 15 is 0 Å². The van der Waals surface area contributed by atoms with Gasteiger partial charge in [0.25, 0.3) is 0 Å². The Morgan fingerprint density at radius 1 is 1.03 bits per heavy atom. The van der Waals surface area contributed by atoms with Crippen LogP contribution < -0.4 is 20.1 Å². The second kappa shape index (κ2) is 11.2. The van der Waals surface area contributed by atoms with E-state index in [0.29, 0.717) is 31.0 Å². The summed E-state index contributed by atoms with van der Waals surface area (Å²) in [5.41, 5.74) is 3.54. The predicted molar refractivity (Wildman–Crippen MR) is 122 cm³/mol. The molecule has 7 heteroatoms. The minimum Gasteiger partial charge on any atom is -0.493 e. The van der Waals surface area contributed by atoms with Gasteiger partial charge in [-0.25, -0.2) is 4.99 Å².